The molecular formula is C8H9F2NOS. The number of thioether (sulfide) groups is 1. The number of benzene rings is 1. The van der Waals surface area contributed by atoms with Gasteiger partial charge in [0.2, 0.25) is 0 Å². The van der Waals surface area contributed by atoms with E-state index in [1.807, 2.05) is 0 Å². The molecule has 0 aliphatic heterocycles. The molecule has 0 saturated carbocycles. The minimum atomic E-state index is -2.39. The zero-order valence-corrected chi connectivity index (χ0v) is 7.56. The van der Waals surface area contributed by atoms with Crippen molar-refractivity contribution in [1.82, 2.24) is 0 Å². The molecule has 1 aromatic carbocycles. The molecule has 0 aliphatic rings. The van der Waals surface area contributed by atoms with Gasteiger partial charge < -0.3 is 0 Å². The van der Waals surface area contributed by atoms with E-state index in [4.69, 9.17) is 5.90 Å². The van der Waals surface area contributed by atoms with Crippen molar-refractivity contribution in [1.29, 1.82) is 0 Å². The largest absolute Gasteiger partial charge is 0.300 e. The highest BCUT2D eigenvalue weighted by atomic mass is 32.2. The van der Waals surface area contributed by atoms with Crippen molar-refractivity contribution in [2.75, 3.05) is 0 Å². The normalized spacial score (nSPS) is 10.8. The summed E-state index contributed by atoms with van der Waals surface area (Å²) in [4.78, 5) is 4.91. The summed E-state index contributed by atoms with van der Waals surface area (Å²) in [6, 6.07) is 6.71. The van der Waals surface area contributed by atoms with Crippen molar-refractivity contribution in [2.24, 2.45) is 5.90 Å². The predicted molar refractivity (Wildman–Crippen MR) is 47.3 cm³/mol. The molecule has 1 aromatic rings. The van der Waals surface area contributed by atoms with Gasteiger partial charge in [0.15, 0.2) is 0 Å². The number of halogens is 2. The number of alkyl halides is 2. The second-order valence-corrected chi connectivity index (χ2v) is 3.40. The summed E-state index contributed by atoms with van der Waals surface area (Å²) in [5.41, 5.74) is 0.785. The first-order chi connectivity index (χ1) is 6.22. The molecule has 0 radical (unpaired) electrons. The Morgan fingerprint density at radius 2 is 2.23 bits per heavy atom. The van der Waals surface area contributed by atoms with Crippen LogP contribution >= 0.6 is 11.8 Å². The summed E-state index contributed by atoms with van der Waals surface area (Å²) in [5, 5.41) is 0. The molecule has 0 unspecified atom stereocenters. The molecule has 0 aliphatic carbocycles. The van der Waals surface area contributed by atoms with Gasteiger partial charge in [-0.15, -0.1) is 0 Å². The van der Waals surface area contributed by atoms with Crippen molar-refractivity contribution in [2.45, 2.75) is 17.3 Å². The highest BCUT2D eigenvalue weighted by Gasteiger charge is 2.05. The lowest BCUT2D eigenvalue weighted by Crippen LogP contribution is -1.98. The van der Waals surface area contributed by atoms with Crippen molar-refractivity contribution < 1.29 is 13.6 Å². The molecule has 13 heavy (non-hydrogen) atoms. The van der Waals surface area contributed by atoms with Crippen LogP contribution in [0.4, 0.5) is 8.78 Å². The molecule has 0 amide bonds. The number of hydrogen-bond donors (Lipinski definition) is 1. The van der Waals surface area contributed by atoms with Gasteiger partial charge in [-0.1, -0.05) is 23.9 Å². The van der Waals surface area contributed by atoms with Gasteiger partial charge >= 0.3 is 0 Å². The third-order valence-corrected chi connectivity index (χ3v) is 2.08. The predicted octanol–water partition coefficient (Wildman–Crippen LogP) is 2.39. The van der Waals surface area contributed by atoms with Crippen LogP contribution in [0.2, 0.25) is 0 Å². The van der Waals surface area contributed by atoms with Gasteiger partial charge in [-0.05, 0) is 17.7 Å². The lowest BCUT2D eigenvalue weighted by Gasteiger charge is -2.02. The highest BCUT2D eigenvalue weighted by Crippen LogP contribution is 2.25. The molecule has 1 rings (SSSR count). The molecule has 0 spiro atoms. The fourth-order valence-corrected chi connectivity index (χ4v) is 1.49. The van der Waals surface area contributed by atoms with E-state index in [1.54, 1.807) is 24.3 Å². The molecule has 0 aromatic heterocycles. The maximum Gasteiger partial charge on any atom is 0.288 e. The van der Waals surface area contributed by atoms with Crippen molar-refractivity contribution >= 4 is 11.8 Å². The number of rotatable bonds is 4. The van der Waals surface area contributed by atoms with E-state index in [9.17, 15) is 8.78 Å². The van der Waals surface area contributed by atoms with E-state index in [2.05, 4.69) is 4.84 Å². The standard InChI is InChI=1S/C8H9F2NOS/c9-8(10)13-7-3-1-2-6(4-7)5-12-11/h1-4,8H,5,11H2. The van der Waals surface area contributed by atoms with Crippen LogP contribution in [0.25, 0.3) is 0 Å². The van der Waals surface area contributed by atoms with Crippen molar-refractivity contribution in [3.05, 3.63) is 29.8 Å². The van der Waals surface area contributed by atoms with Crippen LogP contribution in [0.5, 0.6) is 0 Å². The molecule has 0 fully saturated rings. The Hall–Kier alpha value is -0.650. The molecule has 2 N–H and O–H groups in total. The third-order valence-electron chi connectivity index (χ3n) is 1.37. The zero-order valence-electron chi connectivity index (χ0n) is 6.74. The van der Waals surface area contributed by atoms with Crippen LogP contribution in [0.1, 0.15) is 5.56 Å². The lowest BCUT2D eigenvalue weighted by atomic mass is 10.2. The minimum absolute atomic E-state index is 0.234. The SMILES string of the molecule is NOCc1cccc(SC(F)F)c1. The summed E-state index contributed by atoms with van der Waals surface area (Å²) in [5.74, 6) is 2.46. The van der Waals surface area contributed by atoms with Gasteiger partial charge in [0, 0.05) is 4.90 Å². The van der Waals surface area contributed by atoms with Gasteiger partial charge in [-0.3, -0.25) is 4.84 Å². The molecule has 5 heteroatoms. The Kier molecular flexibility index (Phi) is 4.14. The Balaban J connectivity index is 2.67. The summed E-state index contributed by atoms with van der Waals surface area (Å²) in [6.45, 7) is 0.234. The fraction of sp³-hybridized carbons (Fsp3) is 0.250. The van der Waals surface area contributed by atoms with E-state index in [-0.39, 0.29) is 6.61 Å². The second-order valence-electron chi connectivity index (χ2n) is 2.34. The van der Waals surface area contributed by atoms with Gasteiger partial charge in [-0.2, -0.15) is 8.78 Å². The monoisotopic (exact) mass is 205 g/mol. The maximum absolute atomic E-state index is 11.9. The molecule has 72 valence electrons. The maximum atomic E-state index is 11.9. The molecule has 0 bridgehead atoms. The van der Waals surface area contributed by atoms with E-state index in [0.717, 1.165) is 5.56 Å². The lowest BCUT2D eigenvalue weighted by molar-refractivity contribution is 0.124. The van der Waals surface area contributed by atoms with Gasteiger partial charge in [-0.25, -0.2) is 5.90 Å². The summed E-state index contributed by atoms with van der Waals surface area (Å²) >= 11 is 0.509. The van der Waals surface area contributed by atoms with Gasteiger partial charge in [0.25, 0.3) is 5.76 Å². The Morgan fingerprint density at radius 1 is 1.46 bits per heavy atom. The first kappa shape index (κ1) is 10.4. The van der Waals surface area contributed by atoms with E-state index in [0.29, 0.717) is 16.7 Å². The average molecular weight is 205 g/mol. The fourth-order valence-electron chi connectivity index (χ4n) is 0.908. The molecular weight excluding hydrogens is 196 g/mol. The first-order valence-corrected chi connectivity index (χ1v) is 4.46. The van der Waals surface area contributed by atoms with E-state index < -0.39 is 5.76 Å². The van der Waals surface area contributed by atoms with Crippen LogP contribution < -0.4 is 5.90 Å². The zero-order chi connectivity index (χ0) is 9.68. The molecule has 0 saturated heterocycles. The van der Waals surface area contributed by atoms with Crippen LogP contribution in [0.15, 0.2) is 29.2 Å². The topological polar surface area (TPSA) is 35.2 Å². The second kappa shape index (κ2) is 5.16. The third kappa shape index (κ3) is 3.71. The minimum Gasteiger partial charge on any atom is -0.300 e. The van der Waals surface area contributed by atoms with Crippen LogP contribution in [-0.4, -0.2) is 5.76 Å². The summed E-state index contributed by atoms with van der Waals surface area (Å²) in [6.07, 6.45) is 0. The highest BCUT2D eigenvalue weighted by molar-refractivity contribution is 7.99. The Bertz CT molecular complexity index is 270. The summed E-state index contributed by atoms with van der Waals surface area (Å²) in [7, 11) is 0. The van der Waals surface area contributed by atoms with E-state index >= 15 is 0 Å². The van der Waals surface area contributed by atoms with Crippen molar-refractivity contribution in [3.8, 4) is 0 Å². The van der Waals surface area contributed by atoms with Gasteiger partial charge in [0.1, 0.15) is 0 Å². The van der Waals surface area contributed by atoms with Crippen molar-refractivity contribution in [3.63, 3.8) is 0 Å². The molecule has 0 atom stereocenters. The number of nitrogens with two attached hydrogens (primary N) is 1. The summed E-state index contributed by atoms with van der Waals surface area (Å²) < 4.78 is 23.9. The Labute approximate surface area is 79.0 Å². The van der Waals surface area contributed by atoms with Crippen LogP contribution in [0, 0.1) is 0 Å². The van der Waals surface area contributed by atoms with Crippen LogP contribution in [-0.2, 0) is 11.4 Å². The Morgan fingerprint density at radius 3 is 2.85 bits per heavy atom. The van der Waals surface area contributed by atoms with Crippen LogP contribution in [0.3, 0.4) is 0 Å². The smallest absolute Gasteiger partial charge is 0.288 e. The first-order valence-electron chi connectivity index (χ1n) is 3.58. The van der Waals surface area contributed by atoms with Gasteiger partial charge in [0.05, 0.1) is 6.61 Å². The molecule has 0 heterocycles. The van der Waals surface area contributed by atoms with E-state index in [1.165, 1.54) is 0 Å². The quantitative estimate of drug-likeness (QED) is 0.605. The number of hydrogen-bond acceptors (Lipinski definition) is 3. The average Bonchev–Trinajstić information content (AvgIpc) is 2.04. The molecule has 2 nitrogen and oxygen atoms in total.